The maximum absolute atomic E-state index is 12.9. The number of piperazine rings is 1. The van der Waals surface area contributed by atoms with Gasteiger partial charge in [-0.3, -0.25) is 0 Å². The van der Waals surface area contributed by atoms with Crippen molar-refractivity contribution < 1.29 is 21.7 Å². The van der Waals surface area contributed by atoms with Gasteiger partial charge in [-0.25, -0.2) is 16.8 Å². The molecule has 1 aromatic rings. The predicted octanol–water partition coefficient (Wildman–Crippen LogP) is 0.0542. The monoisotopic (exact) mass is 441 g/mol. The summed E-state index contributed by atoms with van der Waals surface area (Å²) in [6.45, 7) is 3.90. The number of hydrogen-bond acceptors (Lipinski definition) is 5. The van der Waals surface area contributed by atoms with Crippen LogP contribution < -0.4 is 4.90 Å². The van der Waals surface area contributed by atoms with Gasteiger partial charge in [-0.2, -0.15) is 13.9 Å². The van der Waals surface area contributed by atoms with Crippen LogP contribution in [0.1, 0.15) is 32.1 Å². The molecule has 10 heteroatoms. The molecule has 29 heavy (non-hydrogen) atoms. The Morgan fingerprint density at radius 2 is 1.24 bits per heavy atom. The molecule has 0 aromatic heterocycles. The Morgan fingerprint density at radius 1 is 0.793 bits per heavy atom. The first-order valence-electron chi connectivity index (χ1n) is 10.2. The molecule has 0 atom stereocenters. The normalized spacial score (nSPS) is 20.8. The third-order valence-corrected chi connectivity index (χ3v) is 9.51. The summed E-state index contributed by atoms with van der Waals surface area (Å²) in [5.74, 6) is 0. The molecule has 0 aliphatic carbocycles. The summed E-state index contributed by atoms with van der Waals surface area (Å²) >= 11 is 0. The van der Waals surface area contributed by atoms with Crippen LogP contribution in [0, 0.1) is 11.3 Å². The quantitative estimate of drug-likeness (QED) is 0.672. The van der Waals surface area contributed by atoms with E-state index in [-0.39, 0.29) is 9.79 Å². The summed E-state index contributed by atoms with van der Waals surface area (Å²) in [6, 6.07) is 7.73. The van der Waals surface area contributed by atoms with Crippen LogP contribution in [0.4, 0.5) is 0 Å². The second-order valence-corrected chi connectivity index (χ2v) is 11.5. The number of quaternary nitrogens is 1. The molecule has 1 N–H and O–H groups in total. The van der Waals surface area contributed by atoms with E-state index in [1.807, 2.05) is 0 Å². The molecule has 0 bridgehead atoms. The van der Waals surface area contributed by atoms with Crippen molar-refractivity contribution in [2.24, 2.45) is 0 Å². The first-order valence-corrected chi connectivity index (χ1v) is 13.0. The Morgan fingerprint density at radius 3 is 1.69 bits per heavy atom. The van der Waals surface area contributed by atoms with Crippen LogP contribution in [0.2, 0.25) is 0 Å². The van der Waals surface area contributed by atoms with Gasteiger partial charge in [0.25, 0.3) is 0 Å². The average molecular weight is 442 g/mol. The molecule has 2 fully saturated rings. The standard InChI is InChI=1S/C19H28N4O4S2/c20-10-5-11-21-14-16-23(17-15-21)29(26,27)19-8-6-18(7-9-19)28(24,25)22-12-3-1-2-4-13-22/h6-9H,1-5,11-17H2/p+1. The van der Waals surface area contributed by atoms with E-state index in [9.17, 15) is 16.8 Å². The van der Waals surface area contributed by atoms with Crippen LogP contribution in [0.25, 0.3) is 0 Å². The molecule has 2 aliphatic rings. The third-order valence-electron chi connectivity index (χ3n) is 5.68. The van der Waals surface area contributed by atoms with Crippen LogP contribution in [-0.2, 0) is 20.0 Å². The molecule has 160 valence electrons. The Balaban J connectivity index is 1.70. The van der Waals surface area contributed by atoms with E-state index in [1.165, 1.54) is 37.8 Å². The van der Waals surface area contributed by atoms with Gasteiger partial charge in [0.15, 0.2) is 0 Å². The van der Waals surface area contributed by atoms with Gasteiger partial charge in [-0.1, -0.05) is 12.8 Å². The Labute approximate surface area is 173 Å². The molecule has 0 saturated carbocycles. The van der Waals surface area contributed by atoms with Crippen molar-refractivity contribution in [3.8, 4) is 6.07 Å². The summed E-state index contributed by atoms with van der Waals surface area (Å²) in [5, 5.41) is 8.69. The van der Waals surface area contributed by atoms with Crippen molar-refractivity contribution in [3.63, 3.8) is 0 Å². The van der Waals surface area contributed by atoms with Crippen molar-refractivity contribution in [2.75, 3.05) is 45.8 Å². The second-order valence-electron chi connectivity index (χ2n) is 7.60. The lowest BCUT2D eigenvalue weighted by molar-refractivity contribution is -0.903. The Hall–Kier alpha value is -1.51. The van der Waals surface area contributed by atoms with E-state index in [0.29, 0.717) is 45.7 Å². The Kier molecular flexibility index (Phi) is 7.29. The lowest BCUT2D eigenvalue weighted by Crippen LogP contribution is -3.14. The van der Waals surface area contributed by atoms with Gasteiger partial charge in [0.05, 0.1) is 55.0 Å². The van der Waals surface area contributed by atoms with Gasteiger partial charge in [0.1, 0.15) is 0 Å². The van der Waals surface area contributed by atoms with Crippen molar-refractivity contribution in [1.29, 1.82) is 5.26 Å². The van der Waals surface area contributed by atoms with Gasteiger partial charge in [0.2, 0.25) is 20.0 Å². The summed E-state index contributed by atoms with van der Waals surface area (Å²) in [6.07, 6.45) is 4.25. The van der Waals surface area contributed by atoms with Crippen molar-refractivity contribution in [3.05, 3.63) is 24.3 Å². The number of nitrogens with one attached hydrogen (secondary N) is 1. The zero-order chi connectivity index (χ0) is 20.9. The summed E-state index contributed by atoms with van der Waals surface area (Å²) in [5.41, 5.74) is 0. The molecule has 1 aromatic carbocycles. The first kappa shape index (κ1) is 22.2. The molecule has 0 spiro atoms. The Bertz CT molecular complexity index is 923. The molecule has 0 radical (unpaired) electrons. The maximum atomic E-state index is 12.9. The molecular weight excluding hydrogens is 412 g/mol. The van der Waals surface area contributed by atoms with Crippen LogP contribution >= 0.6 is 0 Å². The van der Waals surface area contributed by atoms with Gasteiger partial charge < -0.3 is 4.90 Å². The van der Waals surface area contributed by atoms with Gasteiger partial charge >= 0.3 is 0 Å². The van der Waals surface area contributed by atoms with Gasteiger partial charge in [-0.05, 0) is 37.1 Å². The molecule has 2 aliphatic heterocycles. The fraction of sp³-hybridized carbons (Fsp3) is 0.632. The number of hydrogen-bond donors (Lipinski definition) is 1. The third kappa shape index (κ3) is 5.16. The van der Waals surface area contributed by atoms with Crippen LogP contribution in [0.15, 0.2) is 34.1 Å². The summed E-state index contributed by atoms with van der Waals surface area (Å²) < 4.78 is 54.5. The number of nitrogens with zero attached hydrogens (tertiary/aromatic N) is 3. The van der Waals surface area contributed by atoms with E-state index in [1.54, 1.807) is 0 Å². The smallest absolute Gasteiger partial charge is 0.243 e. The lowest BCUT2D eigenvalue weighted by Gasteiger charge is -2.31. The molecule has 8 nitrogen and oxygen atoms in total. The molecule has 0 unspecified atom stereocenters. The highest BCUT2D eigenvalue weighted by atomic mass is 32.2. The van der Waals surface area contributed by atoms with Crippen LogP contribution in [0.5, 0.6) is 0 Å². The van der Waals surface area contributed by atoms with E-state index < -0.39 is 20.0 Å². The predicted molar refractivity (Wildman–Crippen MR) is 108 cm³/mol. The lowest BCUT2D eigenvalue weighted by atomic mass is 10.2. The zero-order valence-electron chi connectivity index (χ0n) is 16.6. The van der Waals surface area contributed by atoms with Crippen LogP contribution in [-0.4, -0.2) is 71.3 Å². The fourth-order valence-electron chi connectivity index (χ4n) is 3.89. The highest BCUT2D eigenvalue weighted by Gasteiger charge is 2.31. The molecule has 3 rings (SSSR count). The minimum atomic E-state index is -3.65. The first-order chi connectivity index (χ1) is 13.9. The van der Waals surface area contributed by atoms with Crippen molar-refractivity contribution in [2.45, 2.75) is 41.9 Å². The van der Waals surface area contributed by atoms with E-state index in [4.69, 9.17) is 5.26 Å². The average Bonchev–Trinajstić information content (AvgIpc) is 3.03. The highest BCUT2D eigenvalue weighted by Crippen LogP contribution is 2.23. The summed E-state index contributed by atoms with van der Waals surface area (Å²) in [4.78, 5) is 1.49. The minimum absolute atomic E-state index is 0.118. The maximum Gasteiger partial charge on any atom is 0.243 e. The van der Waals surface area contributed by atoms with E-state index in [2.05, 4.69) is 6.07 Å². The summed E-state index contributed by atoms with van der Waals surface area (Å²) in [7, 11) is -7.25. The number of benzene rings is 1. The SMILES string of the molecule is N#CCC[NH+]1CCN(S(=O)(=O)c2ccc(S(=O)(=O)N3CCCCCC3)cc2)CC1. The topological polar surface area (TPSA) is 103 Å². The van der Waals surface area contributed by atoms with E-state index in [0.717, 1.165) is 32.2 Å². The largest absolute Gasteiger partial charge is 0.332 e. The number of rotatable bonds is 6. The van der Waals surface area contributed by atoms with Crippen molar-refractivity contribution in [1.82, 2.24) is 8.61 Å². The fourth-order valence-corrected chi connectivity index (χ4v) is 6.85. The molecule has 2 saturated heterocycles. The van der Waals surface area contributed by atoms with Crippen LogP contribution in [0.3, 0.4) is 0 Å². The molecular formula is C19H29N4O4S2+. The second kappa shape index (κ2) is 9.53. The minimum Gasteiger partial charge on any atom is -0.332 e. The molecule has 0 amide bonds. The number of sulfonamides is 2. The van der Waals surface area contributed by atoms with Crippen molar-refractivity contribution >= 4 is 20.0 Å². The zero-order valence-corrected chi connectivity index (χ0v) is 18.2. The number of nitriles is 1. The van der Waals surface area contributed by atoms with E-state index >= 15 is 0 Å². The highest BCUT2D eigenvalue weighted by molar-refractivity contribution is 7.89. The van der Waals surface area contributed by atoms with Gasteiger partial charge in [0, 0.05) is 13.1 Å². The van der Waals surface area contributed by atoms with Gasteiger partial charge in [-0.15, -0.1) is 0 Å². The molecule has 2 heterocycles.